The first kappa shape index (κ1) is 33.9. The van der Waals surface area contributed by atoms with Gasteiger partial charge < -0.3 is 25.0 Å². The molecule has 4 aromatic rings. The second-order valence-corrected chi connectivity index (χ2v) is 14.9. The van der Waals surface area contributed by atoms with Gasteiger partial charge in [-0.05, 0) is 112 Å². The standard InChI is InChI=1S/C38H51N7O3/c1-37(2,3)27-21-26(25-47-20-19-43(5)6)22-28(23-27)39-36(46)40-32-14-15-33(31-12-9-8-11-30(31)32)48-29-13-16-34-41-42-35(45(34)24-29)38(4)17-10-18-44(38)7/h8-9,11-13,16,21-24,32-33H,10,14-15,17-20,25H2,1-7H3,(H2,39,40,46)/t32-,33+,38-/m0/s1. The Morgan fingerprint density at radius 3 is 2.58 bits per heavy atom. The first-order chi connectivity index (χ1) is 22.9. The molecule has 1 fully saturated rings. The van der Waals surface area contributed by atoms with Crippen LogP contribution in [0, 0.1) is 0 Å². The van der Waals surface area contributed by atoms with E-state index in [1.807, 2.05) is 50.6 Å². The third kappa shape index (κ3) is 7.36. The van der Waals surface area contributed by atoms with Gasteiger partial charge in [0.15, 0.2) is 11.5 Å². The van der Waals surface area contributed by atoms with E-state index in [4.69, 9.17) is 9.47 Å². The van der Waals surface area contributed by atoms with E-state index in [0.29, 0.717) is 13.2 Å². The van der Waals surface area contributed by atoms with E-state index in [0.717, 1.165) is 83.9 Å². The van der Waals surface area contributed by atoms with Gasteiger partial charge in [-0.1, -0.05) is 51.1 Å². The number of nitrogens with zero attached hydrogens (tertiary/aromatic N) is 5. The van der Waals surface area contributed by atoms with Crippen LogP contribution in [0.15, 0.2) is 60.8 Å². The predicted molar refractivity (Wildman–Crippen MR) is 189 cm³/mol. The van der Waals surface area contributed by atoms with Gasteiger partial charge in [-0.15, -0.1) is 10.2 Å². The highest BCUT2D eigenvalue weighted by Crippen LogP contribution is 2.40. The van der Waals surface area contributed by atoms with E-state index in [9.17, 15) is 4.79 Å². The van der Waals surface area contributed by atoms with Crippen LogP contribution in [0.25, 0.3) is 5.65 Å². The maximum absolute atomic E-state index is 13.5. The van der Waals surface area contributed by atoms with Gasteiger partial charge in [0.1, 0.15) is 11.9 Å². The maximum Gasteiger partial charge on any atom is 0.319 e. The van der Waals surface area contributed by atoms with Crippen LogP contribution in [0.3, 0.4) is 0 Å². The van der Waals surface area contributed by atoms with Crippen LogP contribution in [-0.2, 0) is 22.3 Å². The second-order valence-electron chi connectivity index (χ2n) is 14.9. The van der Waals surface area contributed by atoms with Crippen molar-refractivity contribution in [3.8, 4) is 5.75 Å². The number of rotatable bonds is 10. The highest BCUT2D eigenvalue weighted by atomic mass is 16.5. The van der Waals surface area contributed by atoms with Crippen LogP contribution < -0.4 is 15.4 Å². The third-order valence-corrected chi connectivity index (χ3v) is 9.94. The smallest absolute Gasteiger partial charge is 0.319 e. The first-order valence-electron chi connectivity index (χ1n) is 17.2. The number of pyridine rings is 1. The lowest BCUT2D eigenvalue weighted by molar-refractivity contribution is 0.105. The molecule has 1 aliphatic heterocycles. The van der Waals surface area contributed by atoms with Crippen LogP contribution in [0.1, 0.15) is 93.6 Å². The molecule has 2 N–H and O–H groups in total. The van der Waals surface area contributed by atoms with Crippen LogP contribution in [-0.4, -0.2) is 71.3 Å². The van der Waals surface area contributed by atoms with E-state index in [1.165, 1.54) is 0 Å². The summed E-state index contributed by atoms with van der Waals surface area (Å²) in [6.45, 7) is 11.8. The minimum Gasteiger partial charge on any atom is -0.484 e. The number of nitrogens with one attached hydrogen (secondary N) is 2. The molecule has 0 unspecified atom stereocenters. The Bertz CT molecular complexity index is 1750. The summed E-state index contributed by atoms with van der Waals surface area (Å²) < 4.78 is 14.7. The number of carbonyl (C=O) groups is 1. The summed E-state index contributed by atoms with van der Waals surface area (Å²) in [6, 6.07) is 18.1. The zero-order valence-electron chi connectivity index (χ0n) is 29.5. The summed E-state index contributed by atoms with van der Waals surface area (Å²) in [5.74, 6) is 1.72. The summed E-state index contributed by atoms with van der Waals surface area (Å²) in [5.41, 5.74) is 5.70. The van der Waals surface area contributed by atoms with Gasteiger partial charge in [0, 0.05) is 12.2 Å². The molecular formula is C38H51N7O3. The molecule has 2 amide bonds. The Kier molecular flexibility index (Phi) is 9.79. The van der Waals surface area contributed by atoms with Crippen molar-refractivity contribution in [3.63, 3.8) is 0 Å². The molecule has 0 saturated carbocycles. The lowest BCUT2D eigenvalue weighted by Gasteiger charge is -2.32. The quantitative estimate of drug-likeness (QED) is 0.181. The molecule has 6 rings (SSSR count). The van der Waals surface area contributed by atoms with Crippen molar-refractivity contribution >= 4 is 17.4 Å². The van der Waals surface area contributed by atoms with Crippen molar-refractivity contribution in [2.45, 2.75) is 83.1 Å². The van der Waals surface area contributed by atoms with Crippen LogP contribution in [0.5, 0.6) is 5.75 Å². The van der Waals surface area contributed by atoms with E-state index in [1.54, 1.807) is 0 Å². The number of hydrogen-bond acceptors (Lipinski definition) is 7. The van der Waals surface area contributed by atoms with Gasteiger partial charge in [0.2, 0.25) is 0 Å². The predicted octanol–water partition coefficient (Wildman–Crippen LogP) is 6.82. The van der Waals surface area contributed by atoms with Gasteiger partial charge in [0.25, 0.3) is 0 Å². The van der Waals surface area contributed by atoms with Gasteiger partial charge in [-0.2, -0.15) is 0 Å². The first-order valence-corrected chi connectivity index (χ1v) is 17.2. The number of urea groups is 1. The molecule has 3 heterocycles. The van der Waals surface area contributed by atoms with Gasteiger partial charge >= 0.3 is 6.03 Å². The number of likely N-dealkylation sites (tertiary alicyclic amines) is 1. The van der Waals surface area contributed by atoms with E-state index < -0.39 is 0 Å². The SMILES string of the molecule is CN(C)CCOCc1cc(NC(=O)N[C@H]2CC[C@@H](Oc3ccc4nnc([C@]5(C)CCCN5C)n4c3)c3ccccc32)cc(C(C)(C)C)c1. The molecule has 0 bridgehead atoms. The van der Waals surface area contributed by atoms with Crippen molar-refractivity contribution < 1.29 is 14.3 Å². The number of anilines is 1. The average Bonchev–Trinajstić information content (AvgIpc) is 3.62. The monoisotopic (exact) mass is 653 g/mol. The number of benzene rings is 2. The number of likely N-dealkylation sites (N-methyl/N-ethyl adjacent to an activating group) is 1. The fourth-order valence-corrected chi connectivity index (χ4v) is 6.92. The minimum atomic E-state index is -0.226. The number of hydrogen-bond donors (Lipinski definition) is 2. The fourth-order valence-electron chi connectivity index (χ4n) is 6.92. The summed E-state index contributed by atoms with van der Waals surface area (Å²) >= 11 is 0. The largest absolute Gasteiger partial charge is 0.484 e. The van der Waals surface area contributed by atoms with Crippen molar-refractivity contribution in [1.82, 2.24) is 29.7 Å². The Morgan fingerprint density at radius 2 is 1.85 bits per heavy atom. The molecule has 10 heteroatoms. The zero-order valence-corrected chi connectivity index (χ0v) is 29.5. The van der Waals surface area contributed by atoms with E-state index in [2.05, 4.69) is 94.0 Å². The minimum absolute atomic E-state index is 0.0742. The summed E-state index contributed by atoms with van der Waals surface area (Å²) in [4.78, 5) is 17.9. The van der Waals surface area contributed by atoms with Gasteiger partial charge in [0.05, 0.1) is 31.0 Å². The van der Waals surface area contributed by atoms with Gasteiger partial charge in [-0.25, -0.2) is 4.79 Å². The Labute approximate surface area is 284 Å². The highest BCUT2D eigenvalue weighted by Gasteiger charge is 2.40. The van der Waals surface area contributed by atoms with E-state index in [-0.39, 0.29) is 29.1 Å². The molecule has 2 aromatic carbocycles. The fraction of sp³-hybridized carbons (Fsp3) is 0.500. The van der Waals surface area contributed by atoms with Crippen molar-refractivity contribution in [3.05, 3.63) is 88.9 Å². The summed E-state index contributed by atoms with van der Waals surface area (Å²) in [7, 11) is 6.22. The number of aromatic nitrogens is 3. The van der Waals surface area contributed by atoms with E-state index >= 15 is 0 Å². The topological polar surface area (TPSA) is 96.3 Å². The molecule has 48 heavy (non-hydrogen) atoms. The van der Waals surface area contributed by atoms with Crippen molar-refractivity contribution in [1.29, 1.82) is 0 Å². The number of ether oxygens (including phenoxy) is 2. The molecule has 10 nitrogen and oxygen atoms in total. The lowest BCUT2D eigenvalue weighted by Crippen LogP contribution is -2.37. The number of carbonyl (C=O) groups excluding carboxylic acids is 1. The lowest BCUT2D eigenvalue weighted by atomic mass is 9.85. The third-order valence-electron chi connectivity index (χ3n) is 9.94. The molecule has 0 radical (unpaired) electrons. The molecule has 2 aromatic heterocycles. The van der Waals surface area contributed by atoms with Crippen molar-refractivity contribution in [2.75, 3.05) is 46.2 Å². The molecule has 3 atom stereocenters. The average molecular weight is 654 g/mol. The van der Waals surface area contributed by atoms with Gasteiger partial charge in [-0.3, -0.25) is 9.30 Å². The zero-order chi connectivity index (χ0) is 34.1. The molecule has 256 valence electrons. The van der Waals surface area contributed by atoms with Crippen LogP contribution in [0.4, 0.5) is 10.5 Å². The van der Waals surface area contributed by atoms with Crippen molar-refractivity contribution in [2.24, 2.45) is 0 Å². The van der Waals surface area contributed by atoms with Crippen LogP contribution >= 0.6 is 0 Å². The Morgan fingerprint density at radius 1 is 1.06 bits per heavy atom. The second kappa shape index (κ2) is 13.9. The molecule has 0 spiro atoms. The molecule has 1 saturated heterocycles. The molecule has 1 aliphatic carbocycles. The summed E-state index contributed by atoms with van der Waals surface area (Å²) in [6.07, 6.45) is 5.59. The Balaban J connectivity index is 1.15. The van der Waals surface area contributed by atoms with Crippen LogP contribution in [0.2, 0.25) is 0 Å². The maximum atomic E-state index is 13.5. The number of amides is 2. The summed E-state index contributed by atoms with van der Waals surface area (Å²) in [5, 5.41) is 15.4. The number of fused-ring (bicyclic) bond motifs is 2. The Hall–Kier alpha value is -3.99. The highest BCUT2D eigenvalue weighted by molar-refractivity contribution is 5.89. The molecular weight excluding hydrogens is 602 g/mol. The molecule has 2 aliphatic rings. The normalized spacial score (nSPS) is 21.4.